The third kappa shape index (κ3) is 3.92. The molecule has 1 unspecified atom stereocenters. The first-order valence-corrected chi connectivity index (χ1v) is 5.89. The highest BCUT2D eigenvalue weighted by Crippen LogP contribution is 2.23. The maximum Gasteiger partial charge on any atom is 0.221 e. The van der Waals surface area contributed by atoms with Gasteiger partial charge >= 0.3 is 0 Å². The summed E-state index contributed by atoms with van der Waals surface area (Å²) in [5.74, 6) is -0.561. The topological polar surface area (TPSA) is 66.9 Å². The highest BCUT2D eigenvalue weighted by molar-refractivity contribution is 5.77. The molecule has 3 heteroatoms. The summed E-state index contributed by atoms with van der Waals surface area (Å²) < 4.78 is 0. The molecule has 0 aliphatic rings. The van der Waals surface area contributed by atoms with Gasteiger partial charge in [0, 0.05) is 6.42 Å². The van der Waals surface area contributed by atoms with Crippen molar-refractivity contribution in [2.75, 3.05) is 0 Å². The largest absolute Gasteiger partial charge is 0.369 e. The van der Waals surface area contributed by atoms with Gasteiger partial charge in [0.2, 0.25) is 5.91 Å². The van der Waals surface area contributed by atoms with Gasteiger partial charge in [-0.3, -0.25) is 4.79 Å². The van der Waals surface area contributed by atoms with Gasteiger partial charge in [0.1, 0.15) is 0 Å². The minimum atomic E-state index is -0.366. The third-order valence-electron chi connectivity index (χ3n) is 3.11. The van der Waals surface area contributed by atoms with Gasteiger partial charge in [0.15, 0.2) is 0 Å². The van der Waals surface area contributed by atoms with Gasteiger partial charge in [-0.2, -0.15) is 5.26 Å². The van der Waals surface area contributed by atoms with Crippen molar-refractivity contribution in [2.24, 2.45) is 17.6 Å². The maximum absolute atomic E-state index is 11.4. The molecule has 1 aromatic rings. The smallest absolute Gasteiger partial charge is 0.221 e. The van der Waals surface area contributed by atoms with Crippen LogP contribution in [0, 0.1) is 23.2 Å². The summed E-state index contributed by atoms with van der Waals surface area (Å²) in [5.41, 5.74) is 6.55. The van der Waals surface area contributed by atoms with Crippen molar-refractivity contribution in [3.05, 3.63) is 35.9 Å². The number of hydrogen-bond acceptors (Lipinski definition) is 2. The number of nitrogens with zero attached hydrogens (tertiary/aromatic N) is 1. The van der Waals surface area contributed by atoms with Gasteiger partial charge in [0.05, 0.1) is 12.0 Å². The Morgan fingerprint density at radius 1 is 1.41 bits per heavy atom. The Labute approximate surface area is 102 Å². The molecule has 0 saturated carbocycles. The van der Waals surface area contributed by atoms with Crippen LogP contribution in [-0.4, -0.2) is 5.91 Å². The lowest BCUT2D eigenvalue weighted by atomic mass is 9.83. The number of hydrogen-bond donors (Lipinski definition) is 1. The van der Waals surface area contributed by atoms with E-state index in [1.165, 1.54) is 5.56 Å². The van der Waals surface area contributed by atoms with Crippen LogP contribution in [0.5, 0.6) is 0 Å². The van der Waals surface area contributed by atoms with Crippen molar-refractivity contribution in [3.8, 4) is 6.07 Å². The summed E-state index contributed by atoms with van der Waals surface area (Å²) in [5, 5.41) is 8.74. The Morgan fingerprint density at radius 3 is 2.53 bits per heavy atom. The fourth-order valence-corrected chi connectivity index (χ4v) is 2.09. The van der Waals surface area contributed by atoms with Crippen LogP contribution >= 0.6 is 0 Å². The molecule has 0 aromatic heterocycles. The Kier molecular flexibility index (Phi) is 5.22. The molecule has 17 heavy (non-hydrogen) atoms. The second-order valence-electron chi connectivity index (χ2n) is 4.23. The minimum absolute atomic E-state index is 0.148. The van der Waals surface area contributed by atoms with Crippen LogP contribution in [0.3, 0.4) is 0 Å². The van der Waals surface area contributed by atoms with Crippen LogP contribution in [0.25, 0.3) is 0 Å². The monoisotopic (exact) mass is 230 g/mol. The van der Waals surface area contributed by atoms with E-state index in [-0.39, 0.29) is 24.2 Å². The molecule has 0 fully saturated rings. The van der Waals surface area contributed by atoms with Crippen LogP contribution in [0.2, 0.25) is 0 Å². The molecular weight excluding hydrogens is 212 g/mol. The molecule has 0 aliphatic carbocycles. The molecule has 0 radical (unpaired) electrons. The zero-order valence-electron chi connectivity index (χ0n) is 10.1. The van der Waals surface area contributed by atoms with Gasteiger partial charge in [-0.1, -0.05) is 43.7 Å². The van der Waals surface area contributed by atoms with E-state index in [2.05, 4.69) is 0 Å². The fraction of sp³-hybridized carbons (Fsp3) is 0.429. The van der Waals surface area contributed by atoms with E-state index in [4.69, 9.17) is 11.0 Å². The minimum Gasteiger partial charge on any atom is -0.369 e. The van der Waals surface area contributed by atoms with Crippen molar-refractivity contribution in [2.45, 2.75) is 26.2 Å². The molecular formula is C14H18N2O. The van der Waals surface area contributed by atoms with E-state index in [0.29, 0.717) is 0 Å². The molecule has 0 spiro atoms. The second kappa shape index (κ2) is 6.70. The summed E-state index contributed by atoms with van der Waals surface area (Å²) in [6.07, 6.45) is 1.86. The lowest BCUT2D eigenvalue weighted by Gasteiger charge is -2.21. The average molecular weight is 230 g/mol. The van der Waals surface area contributed by atoms with Gasteiger partial charge in [-0.05, 0) is 17.9 Å². The Hall–Kier alpha value is -1.82. The zero-order valence-corrected chi connectivity index (χ0v) is 10.1. The normalized spacial score (nSPS) is 13.6. The van der Waals surface area contributed by atoms with E-state index in [9.17, 15) is 4.79 Å². The Morgan fingerprint density at radius 2 is 2.06 bits per heavy atom. The fourth-order valence-electron chi connectivity index (χ4n) is 2.09. The summed E-state index contributed by atoms with van der Waals surface area (Å²) >= 11 is 0. The van der Waals surface area contributed by atoms with Gasteiger partial charge in [-0.25, -0.2) is 0 Å². The lowest BCUT2D eigenvalue weighted by Crippen LogP contribution is -2.30. The van der Waals surface area contributed by atoms with E-state index < -0.39 is 0 Å². The molecule has 0 aliphatic heterocycles. The average Bonchev–Trinajstić information content (AvgIpc) is 2.34. The van der Waals surface area contributed by atoms with Crippen molar-refractivity contribution in [1.29, 1.82) is 5.26 Å². The van der Waals surface area contributed by atoms with E-state index in [1.54, 1.807) is 0 Å². The number of rotatable bonds is 6. The molecule has 1 aromatic carbocycles. The maximum atomic E-state index is 11.4. The standard InChI is InChI=1S/C14H18N2O/c1-2-12(13(8-9-15)14(16)17)10-11-6-4-3-5-7-11/h3-7,12-13H,2,8,10H2,1H3,(H2,16,17)/t12-,13?/m0/s1. The predicted molar refractivity (Wildman–Crippen MR) is 66.8 cm³/mol. The van der Waals surface area contributed by atoms with Crippen molar-refractivity contribution >= 4 is 5.91 Å². The zero-order chi connectivity index (χ0) is 12.7. The van der Waals surface area contributed by atoms with Crippen molar-refractivity contribution in [1.82, 2.24) is 0 Å². The highest BCUT2D eigenvalue weighted by Gasteiger charge is 2.25. The molecule has 90 valence electrons. The SMILES string of the molecule is CC[C@@H](Cc1ccccc1)C(CC#N)C(N)=O. The molecule has 1 amide bonds. The van der Waals surface area contributed by atoms with Crippen LogP contribution in [0.4, 0.5) is 0 Å². The van der Waals surface area contributed by atoms with Crippen molar-refractivity contribution < 1.29 is 4.79 Å². The van der Waals surface area contributed by atoms with Gasteiger partial charge in [0.25, 0.3) is 0 Å². The highest BCUT2D eigenvalue weighted by atomic mass is 16.1. The summed E-state index contributed by atoms with van der Waals surface area (Å²) in [6.45, 7) is 2.03. The lowest BCUT2D eigenvalue weighted by molar-refractivity contribution is -0.123. The number of carbonyl (C=O) groups is 1. The second-order valence-corrected chi connectivity index (χ2v) is 4.23. The Balaban J connectivity index is 2.76. The van der Waals surface area contributed by atoms with Gasteiger partial charge in [-0.15, -0.1) is 0 Å². The molecule has 0 heterocycles. The third-order valence-corrected chi connectivity index (χ3v) is 3.11. The summed E-state index contributed by atoms with van der Waals surface area (Å²) in [6, 6.07) is 12.0. The number of nitriles is 1. The van der Waals surface area contributed by atoms with E-state index >= 15 is 0 Å². The molecule has 0 saturated heterocycles. The number of nitrogens with two attached hydrogens (primary N) is 1. The molecule has 0 bridgehead atoms. The van der Waals surface area contributed by atoms with Crippen LogP contribution < -0.4 is 5.73 Å². The molecule has 1 rings (SSSR count). The quantitative estimate of drug-likeness (QED) is 0.814. The number of amides is 1. The summed E-state index contributed by atoms with van der Waals surface area (Å²) in [4.78, 5) is 11.4. The van der Waals surface area contributed by atoms with Crippen LogP contribution in [-0.2, 0) is 11.2 Å². The van der Waals surface area contributed by atoms with Crippen LogP contribution in [0.1, 0.15) is 25.3 Å². The first kappa shape index (κ1) is 13.2. The first-order valence-electron chi connectivity index (χ1n) is 5.89. The first-order chi connectivity index (χ1) is 8.19. The summed E-state index contributed by atoms with van der Waals surface area (Å²) in [7, 11) is 0. The van der Waals surface area contributed by atoms with Gasteiger partial charge < -0.3 is 5.73 Å². The number of primary amides is 1. The Bertz CT molecular complexity index is 394. The van der Waals surface area contributed by atoms with E-state index in [1.807, 2.05) is 43.3 Å². The molecule has 2 N–H and O–H groups in total. The predicted octanol–water partition coefficient (Wildman–Crippen LogP) is 2.27. The number of benzene rings is 1. The van der Waals surface area contributed by atoms with Crippen molar-refractivity contribution in [3.63, 3.8) is 0 Å². The molecule has 2 atom stereocenters. The van der Waals surface area contributed by atoms with Crippen LogP contribution in [0.15, 0.2) is 30.3 Å². The van der Waals surface area contributed by atoms with E-state index in [0.717, 1.165) is 12.8 Å². The number of carbonyl (C=O) groups excluding carboxylic acids is 1. The molecule has 3 nitrogen and oxygen atoms in total.